The van der Waals surface area contributed by atoms with Gasteiger partial charge in [0, 0.05) is 38.8 Å². The maximum Gasteiger partial charge on any atom is 0.306 e. The van der Waals surface area contributed by atoms with Gasteiger partial charge in [0.05, 0.1) is 32.5 Å². The number of ether oxygens (including phenoxy) is 3. The number of amides is 3. The van der Waals surface area contributed by atoms with Crippen molar-refractivity contribution in [2.45, 2.75) is 103 Å². The molecule has 1 aromatic carbocycles. The number of nitrogens with one attached hydrogen (secondary N) is 3. The molecule has 0 heterocycles. The lowest BCUT2D eigenvalue weighted by atomic mass is 10.1. The van der Waals surface area contributed by atoms with E-state index in [9.17, 15) is 19.2 Å². The van der Waals surface area contributed by atoms with E-state index < -0.39 is 0 Å². The first kappa shape index (κ1) is 41.0. The highest BCUT2D eigenvalue weighted by Crippen LogP contribution is 2.12. The van der Waals surface area contributed by atoms with E-state index >= 15 is 0 Å². The van der Waals surface area contributed by atoms with Gasteiger partial charge in [-0.05, 0) is 44.3 Å². The minimum Gasteiger partial charge on any atom is -0.461 e. The Bertz CT molecular complexity index is 906. The summed E-state index contributed by atoms with van der Waals surface area (Å²) < 4.78 is 16.6. The van der Waals surface area contributed by atoms with E-state index in [1.165, 1.54) is 0 Å². The number of carbonyl (C=O) groups excluding carboxylic acids is 4. The minimum absolute atomic E-state index is 0.0737. The number of carbonyl (C=O) groups is 4. The smallest absolute Gasteiger partial charge is 0.306 e. The number of unbranched alkanes of at least 4 members (excludes halogenated alkanes) is 7. The van der Waals surface area contributed by atoms with Crippen molar-refractivity contribution in [1.82, 2.24) is 16.0 Å². The van der Waals surface area contributed by atoms with Gasteiger partial charge in [-0.3, -0.25) is 19.2 Å². The van der Waals surface area contributed by atoms with Crippen LogP contribution in [0.1, 0.15) is 95.5 Å². The molecule has 46 heavy (non-hydrogen) atoms. The topological polar surface area (TPSA) is 184 Å². The highest BCUT2D eigenvalue weighted by Gasteiger charge is 2.14. The number of esters is 1. The van der Waals surface area contributed by atoms with Gasteiger partial charge >= 0.3 is 5.97 Å². The van der Waals surface area contributed by atoms with E-state index in [1.54, 1.807) is 0 Å². The summed E-state index contributed by atoms with van der Waals surface area (Å²) in [5.74, 6) is -0.434. The van der Waals surface area contributed by atoms with Crippen LogP contribution in [0, 0.1) is 0 Å². The number of hydrogen-bond donors (Lipinski definition) is 5. The molecule has 1 rings (SSSR count). The zero-order chi connectivity index (χ0) is 33.5. The zero-order valence-electron chi connectivity index (χ0n) is 27.7. The van der Waals surface area contributed by atoms with Crippen LogP contribution in [-0.2, 0) is 40.0 Å². The SMILES string of the molecule is NCCCNC(=O)CCOCC(COCCC(=O)NCCCN)NC(=O)CCCCCCCCCCC(=O)OCc1ccccc1. The van der Waals surface area contributed by atoms with Gasteiger partial charge in [-0.1, -0.05) is 68.9 Å². The number of hydrogen-bond acceptors (Lipinski definition) is 9. The molecule has 0 unspecified atom stereocenters. The van der Waals surface area contributed by atoms with Gasteiger partial charge in [-0.25, -0.2) is 0 Å². The summed E-state index contributed by atoms with van der Waals surface area (Å²) in [6.45, 7) is 3.29. The molecule has 0 aliphatic heterocycles. The summed E-state index contributed by atoms with van der Waals surface area (Å²) in [7, 11) is 0. The molecule has 0 saturated carbocycles. The molecule has 3 amide bonds. The molecule has 0 spiro atoms. The lowest BCUT2D eigenvalue weighted by Crippen LogP contribution is -2.42. The van der Waals surface area contributed by atoms with Crippen molar-refractivity contribution in [2.75, 3.05) is 52.6 Å². The van der Waals surface area contributed by atoms with Gasteiger partial charge in [-0.2, -0.15) is 0 Å². The Morgan fingerprint density at radius 3 is 1.63 bits per heavy atom. The van der Waals surface area contributed by atoms with Crippen LogP contribution in [0.3, 0.4) is 0 Å². The zero-order valence-corrected chi connectivity index (χ0v) is 27.7. The Morgan fingerprint density at radius 2 is 1.11 bits per heavy atom. The van der Waals surface area contributed by atoms with Crippen LogP contribution in [0.25, 0.3) is 0 Å². The third kappa shape index (κ3) is 25.2. The van der Waals surface area contributed by atoms with Crippen LogP contribution < -0.4 is 27.4 Å². The molecule has 0 aliphatic carbocycles. The fourth-order valence-electron chi connectivity index (χ4n) is 4.47. The van der Waals surface area contributed by atoms with E-state index in [0.717, 1.165) is 69.8 Å². The average Bonchev–Trinajstić information content (AvgIpc) is 3.05. The highest BCUT2D eigenvalue weighted by molar-refractivity contribution is 5.76. The molecule has 12 nitrogen and oxygen atoms in total. The first-order valence-corrected chi connectivity index (χ1v) is 17.0. The van der Waals surface area contributed by atoms with Crippen LogP contribution >= 0.6 is 0 Å². The first-order valence-electron chi connectivity index (χ1n) is 17.0. The molecule has 12 heteroatoms. The van der Waals surface area contributed by atoms with Gasteiger partial charge < -0.3 is 41.6 Å². The average molecular weight is 650 g/mol. The second kappa shape index (κ2) is 29.3. The quantitative estimate of drug-likeness (QED) is 0.0618. The summed E-state index contributed by atoms with van der Waals surface area (Å²) in [5, 5.41) is 8.54. The van der Waals surface area contributed by atoms with Gasteiger partial charge in [0.1, 0.15) is 6.61 Å². The Kier molecular flexibility index (Phi) is 26.1. The summed E-state index contributed by atoms with van der Waals surface area (Å²) in [6, 6.07) is 9.30. The monoisotopic (exact) mass is 649 g/mol. The lowest BCUT2D eigenvalue weighted by Gasteiger charge is -2.19. The predicted octanol–water partition coefficient (Wildman–Crippen LogP) is 2.86. The Balaban J connectivity index is 2.18. The van der Waals surface area contributed by atoms with Crippen LogP contribution in [0.2, 0.25) is 0 Å². The standard InChI is InChI=1S/C34H59N5O7/c35-20-12-22-37-31(40)18-24-44-27-30(28-45-25-19-32(41)38-23-13-21-36)39-33(42)16-10-5-3-1-2-4-6-11-17-34(43)46-26-29-14-8-7-9-15-29/h7-9,14-15,30H,1-6,10-13,16-28,35-36H2,(H,37,40)(H,38,41)(H,39,42). The molecule has 0 saturated heterocycles. The minimum atomic E-state index is -0.385. The van der Waals surface area contributed by atoms with Crippen LogP contribution in [-0.4, -0.2) is 82.3 Å². The third-order valence-corrected chi connectivity index (χ3v) is 7.13. The predicted molar refractivity (Wildman–Crippen MR) is 179 cm³/mol. The largest absolute Gasteiger partial charge is 0.461 e. The van der Waals surface area contributed by atoms with E-state index in [1.807, 2.05) is 30.3 Å². The van der Waals surface area contributed by atoms with Crippen molar-refractivity contribution < 1.29 is 33.4 Å². The third-order valence-electron chi connectivity index (χ3n) is 7.13. The molecule has 0 radical (unpaired) electrons. The van der Waals surface area contributed by atoms with Crippen LogP contribution in [0.15, 0.2) is 30.3 Å². The summed E-state index contributed by atoms with van der Waals surface area (Å²) in [6.07, 6.45) is 10.7. The van der Waals surface area contributed by atoms with Crippen molar-refractivity contribution in [3.8, 4) is 0 Å². The molecule has 7 N–H and O–H groups in total. The lowest BCUT2D eigenvalue weighted by molar-refractivity contribution is -0.145. The summed E-state index contributed by atoms with van der Waals surface area (Å²) >= 11 is 0. The highest BCUT2D eigenvalue weighted by atomic mass is 16.5. The fourth-order valence-corrected chi connectivity index (χ4v) is 4.47. The van der Waals surface area contributed by atoms with Gasteiger partial charge in [0.2, 0.25) is 17.7 Å². The van der Waals surface area contributed by atoms with E-state index in [4.69, 9.17) is 25.7 Å². The number of nitrogens with two attached hydrogens (primary N) is 2. The number of rotatable bonds is 30. The number of benzene rings is 1. The second-order valence-corrected chi connectivity index (χ2v) is 11.4. The van der Waals surface area contributed by atoms with E-state index in [2.05, 4.69) is 16.0 Å². The van der Waals surface area contributed by atoms with Gasteiger partial charge in [0.15, 0.2) is 0 Å². The molecule has 0 aliphatic rings. The maximum atomic E-state index is 12.6. The van der Waals surface area contributed by atoms with Crippen LogP contribution in [0.5, 0.6) is 0 Å². The molecule has 0 aromatic heterocycles. The second-order valence-electron chi connectivity index (χ2n) is 11.4. The van der Waals surface area contributed by atoms with Crippen molar-refractivity contribution in [1.29, 1.82) is 0 Å². The molecular formula is C34H59N5O7. The van der Waals surface area contributed by atoms with E-state index in [-0.39, 0.29) is 69.0 Å². The van der Waals surface area contributed by atoms with E-state index in [0.29, 0.717) is 45.6 Å². The van der Waals surface area contributed by atoms with Crippen molar-refractivity contribution in [2.24, 2.45) is 11.5 Å². The Hall–Kier alpha value is -3.06. The summed E-state index contributed by atoms with van der Waals surface area (Å²) in [5.41, 5.74) is 11.9. The van der Waals surface area contributed by atoms with Crippen LogP contribution in [0.4, 0.5) is 0 Å². The molecule has 0 fully saturated rings. The van der Waals surface area contributed by atoms with Gasteiger partial charge in [-0.15, -0.1) is 0 Å². The molecule has 1 aromatic rings. The molecular weight excluding hydrogens is 590 g/mol. The Labute approximate surface area is 275 Å². The molecule has 0 bridgehead atoms. The normalized spacial score (nSPS) is 10.9. The first-order chi connectivity index (χ1) is 22.4. The molecule has 262 valence electrons. The van der Waals surface area contributed by atoms with Crippen molar-refractivity contribution >= 4 is 23.7 Å². The maximum absolute atomic E-state index is 12.6. The Morgan fingerprint density at radius 1 is 0.609 bits per heavy atom. The summed E-state index contributed by atoms with van der Waals surface area (Å²) in [4.78, 5) is 48.2. The van der Waals surface area contributed by atoms with Gasteiger partial charge in [0.25, 0.3) is 0 Å². The molecule has 0 atom stereocenters. The van der Waals surface area contributed by atoms with Crippen molar-refractivity contribution in [3.63, 3.8) is 0 Å². The fraction of sp³-hybridized carbons (Fsp3) is 0.706. The van der Waals surface area contributed by atoms with Crippen molar-refractivity contribution in [3.05, 3.63) is 35.9 Å².